The molecule has 6 heteroatoms. The van der Waals surface area contributed by atoms with E-state index in [1.165, 1.54) is 21.9 Å². The van der Waals surface area contributed by atoms with Gasteiger partial charge in [0, 0.05) is 11.4 Å². The van der Waals surface area contributed by atoms with E-state index in [1.807, 2.05) is 6.07 Å². The van der Waals surface area contributed by atoms with Crippen LogP contribution < -0.4 is 0 Å². The standard InChI is InChI=1S/C47H32N6/c1-30-11-3-4-12-32(30)20-19-31(2)50-42-25-22-35(28-44(42)52-40-17-9-7-15-38(40)48-46(50)52)36-23-26-43-45(29-36)53-41-18-10-8-16-39(41)49-47(53)51(43)37-24-21-33-13-5-6-14-34(33)27-37/h3-29H,2H2,1H3/b20-19-. The minimum atomic E-state index is 0.840. The van der Waals surface area contributed by atoms with E-state index in [0.717, 1.165) is 78.2 Å². The second kappa shape index (κ2) is 11.2. The summed E-state index contributed by atoms with van der Waals surface area (Å²) in [7, 11) is 0. The van der Waals surface area contributed by atoms with E-state index in [1.54, 1.807) is 0 Å². The molecule has 0 radical (unpaired) electrons. The molecule has 0 aliphatic heterocycles. The molecule has 0 saturated carbocycles. The lowest BCUT2D eigenvalue weighted by atomic mass is 10.0. The predicted molar refractivity (Wildman–Crippen MR) is 220 cm³/mol. The normalized spacial score (nSPS) is 12.2. The maximum Gasteiger partial charge on any atom is 0.220 e. The van der Waals surface area contributed by atoms with Crippen LogP contribution in [0, 0.1) is 6.92 Å². The third-order valence-corrected chi connectivity index (χ3v) is 10.7. The minimum absolute atomic E-state index is 0.840. The molecular formula is C47H32N6. The molecule has 0 atom stereocenters. The highest BCUT2D eigenvalue weighted by atomic mass is 15.2. The number of aromatic nitrogens is 6. The molecule has 0 amide bonds. The molecule has 11 aromatic rings. The summed E-state index contributed by atoms with van der Waals surface area (Å²) in [5.41, 5.74) is 15.0. The van der Waals surface area contributed by atoms with Crippen LogP contribution in [0.5, 0.6) is 0 Å². The van der Waals surface area contributed by atoms with Crippen LogP contribution in [0.3, 0.4) is 0 Å². The number of fused-ring (bicyclic) bond motifs is 11. The van der Waals surface area contributed by atoms with E-state index in [0.29, 0.717) is 0 Å². The number of para-hydroxylation sites is 4. The largest absolute Gasteiger partial charge is 0.279 e. The molecule has 250 valence electrons. The monoisotopic (exact) mass is 680 g/mol. The quantitative estimate of drug-likeness (QED) is 0.170. The van der Waals surface area contributed by atoms with Gasteiger partial charge in [0.1, 0.15) is 0 Å². The summed E-state index contributed by atoms with van der Waals surface area (Å²) in [4.78, 5) is 10.3. The van der Waals surface area contributed by atoms with Gasteiger partial charge in [-0.25, -0.2) is 9.97 Å². The zero-order valence-corrected chi connectivity index (χ0v) is 29.0. The number of allylic oxidation sites excluding steroid dienone is 2. The number of aryl methyl sites for hydroxylation is 1. The van der Waals surface area contributed by atoms with E-state index in [2.05, 4.69) is 189 Å². The number of rotatable bonds is 5. The Morgan fingerprint density at radius 1 is 0.528 bits per heavy atom. The average molecular weight is 681 g/mol. The second-order valence-electron chi connectivity index (χ2n) is 13.8. The van der Waals surface area contributed by atoms with Crippen LogP contribution in [0.4, 0.5) is 0 Å². The van der Waals surface area contributed by atoms with Gasteiger partial charge in [-0.1, -0.05) is 104 Å². The van der Waals surface area contributed by atoms with Gasteiger partial charge in [0.25, 0.3) is 0 Å². The van der Waals surface area contributed by atoms with Crippen molar-refractivity contribution in [2.45, 2.75) is 6.92 Å². The van der Waals surface area contributed by atoms with Gasteiger partial charge in [-0.15, -0.1) is 0 Å². The molecule has 0 fully saturated rings. The molecule has 4 heterocycles. The Hall–Kier alpha value is -7.18. The maximum absolute atomic E-state index is 5.17. The van der Waals surface area contributed by atoms with Crippen molar-refractivity contribution in [3.63, 3.8) is 0 Å². The van der Waals surface area contributed by atoms with E-state index in [4.69, 9.17) is 9.97 Å². The molecule has 4 aromatic heterocycles. The molecule has 0 unspecified atom stereocenters. The van der Waals surface area contributed by atoms with Gasteiger partial charge in [-0.2, -0.15) is 0 Å². The van der Waals surface area contributed by atoms with E-state index in [9.17, 15) is 0 Å². The third kappa shape index (κ3) is 4.39. The highest BCUT2D eigenvalue weighted by molar-refractivity contribution is 5.98. The van der Waals surface area contributed by atoms with Gasteiger partial charge in [-0.3, -0.25) is 17.9 Å². The Bertz CT molecular complexity index is 3330. The molecule has 0 aliphatic carbocycles. The Kier molecular flexibility index (Phi) is 6.22. The van der Waals surface area contributed by atoms with Gasteiger partial charge in [-0.05, 0) is 107 Å². The maximum atomic E-state index is 5.17. The predicted octanol–water partition coefficient (Wildman–Crippen LogP) is 11.5. The van der Waals surface area contributed by atoms with Gasteiger partial charge < -0.3 is 0 Å². The first-order valence-electron chi connectivity index (χ1n) is 17.9. The van der Waals surface area contributed by atoms with Gasteiger partial charge >= 0.3 is 0 Å². The lowest BCUT2D eigenvalue weighted by molar-refractivity contribution is 1.11. The van der Waals surface area contributed by atoms with Crippen LogP contribution in [0.1, 0.15) is 11.1 Å². The van der Waals surface area contributed by atoms with E-state index >= 15 is 0 Å². The van der Waals surface area contributed by atoms with Gasteiger partial charge in [0.05, 0.1) is 44.1 Å². The van der Waals surface area contributed by atoms with Crippen molar-refractivity contribution in [2.24, 2.45) is 0 Å². The molecular weight excluding hydrogens is 649 g/mol. The minimum Gasteiger partial charge on any atom is -0.279 e. The zero-order valence-electron chi connectivity index (χ0n) is 29.0. The van der Waals surface area contributed by atoms with E-state index in [-0.39, 0.29) is 0 Å². The smallest absolute Gasteiger partial charge is 0.220 e. The average Bonchev–Trinajstić information content (AvgIpc) is 3.93. The van der Waals surface area contributed by atoms with Crippen LogP contribution in [-0.2, 0) is 0 Å². The second-order valence-corrected chi connectivity index (χ2v) is 13.8. The van der Waals surface area contributed by atoms with Gasteiger partial charge in [0.15, 0.2) is 0 Å². The Balaban J connectivity index is 1.12. The van der Waals surface area contributed by atoms with E-state index < -0.39 is 0 Å². The highest BCUT2D eigenvalue weighted by Crippen LogP contribution is 2.36. The Morgan fingerprint density at radius 2 is 1.13 bits per heavy atom. The summed E-state index contributed by atoms with van der Waals surface area (Å²) in [6.45, 7) is 6.66. The zero-order chi connectivity index (χ0) is 35.2. The number of hydrogen-bond acceptors (Lipinski definition) is 2. The summed E-state index contributed by atoms with van der Waals surface area (Å²) < 4.78 is 9.01. The SMILES string of the molecule is C=C(/C=C\c1ccccc1C)n1c2ccc(-c3ccc4c(c3)n3c5ccccc5nc3n4-c3ccc4ccccc4c3)cc2n2c3ccccc3nc12. The topological polar surface area (TPSA) is 44.5 Å². The molecule has 0 saturated heterocycles. The van der Waals surface area contributed by atoms with Crippen LogP contribution in [0.25, 0.3) is 95.0 Å². The van der Waals surface area contributed by atoms with Crippen LogP contribution in [0.15, 0.2) is 164 Å². The summed E-state index contributed by atoms with van der Waals surface area (Å²) in [5, 5.41) is 2.42. The van der Waals surface area contributed by atoms with Crippen LogP contribution in [0.2, 0.25) is 0 Å². The molecule has 0 aliphatic rings. The van der Waals surface area contributed by atoms with Crippen LogP contribution in [-0.4, -0.2) is 27.9 Å². The first-order chi connectivity index (χ1) is 26.1. The fraction of sp³-hybridized carbons (Fsp3) is 0.0213. The summed E-state index contributed by atoms with van der Waals surface area (Å²) in [5.74, 6) is 1.73. The molecule has 0 bridgehead atoms. The first-order valence-corrected chi connectivity index (χ1v) is 17.9. The lowest BCUT2D eigenvalue weighted by Gasteiger charge is -2.09. The van der Waals surface area contributed by atoms with Crippen molar-refractivity contribution in [1.82, 2.24) is 27.9 Å². The molecule has 7 aromatic carbocycles. The van der Waals surface area contributed by atoms with Crippen molar-refractivity contribution in [3.8, 4) is 16.8 Å². The number of benzene rings is 7. The number of hydrogen-bond donors (Lipinski definition) is 0. The summed E-state index contributed by atoms with van der Waals surface area (Å²) in [6, 6.07) is 53.7. The number of nitrogens with zero attached hydrogens (tertiary/aromatic N) is 6. The van der Waals surface area contributed by atoms with Crippen molar-refractivity contribution < 1.29 is 0 Å². The fourth-order valence-electron chi connectivity index (χ4n) is 8.05. The molecule has 0 N–H and O–H groups in total. The van der Waals surface area contributed by atoms with Crippen molar-refractivity contribution >= 4 is 78.2 Å². The molecule has 0 spiro atoms. The third-order valence-electron chi connectivity index (χ3n) is 10.7. The Labute approximate surface area is 304 Å². The molecule has 53 heavy (non-hydrogen) atoms. The van der Waals surface area contributed by atoms with Crippen LogP contribution >= 0.6 is 0 Å². The number of imidazole rings is 4. The molecule has 6 nitrogen and oxygen atoms in total. The van der Waals surface area contributed by atoms with Crippen molar-refractivity contribution in [2.75, 3.05) is 0 Å². The highest BCUT2D eigenvalue weighted by Gasteiger charge is 2.20. The van der Waals surface area contributed by atoms with Crippen molar-refractivity contribution in [1.29, 1.82) is 0 Å². The molecule has 11 rings (SSSR count). The summed E-state index contributed by atoms with van der Waals surface area (Å²) in [6.07, 6.45) is 4.22. The fourth-order valence-corrected chi connectivity index (χ4v) is 8.05. The van der Waals surface area contributed by atoms with Crippen molar-refractivity contribution in [3.05, 3.63) is 175 Å². The van der Waals surface area contributed by atoms with Gasteiger partial charge in [0.2, 0.25) is 11.6 Å². The Morgan fingerprint density at radius 3 is 1.89 bits per heavy atom. The lowest BCUT2D eigenvalue weighted by Crippen LogP contribution is -1.95. The summed E-state index contributed by atoms with van der Waals surface area (Å²) >= 11 is 0. The first kappa shape index (κ1) is 29.5.